The summed E-state index contributed by atoms with van der Waals surface area (Å²) in [5.41, 5.74) is 0.891. The number of carbonyl (C=O) groups excluding carboxylic acids is 2. The molecule has 29 heavy (non-hydrogen) atoms. The summed E-state index contributed by atoms with van der Waals surface area (Å²) < 4.78 is 5.77. The van der Waals surface area contributed by atoms with Crippen LogP contribution in [0.3, 0.4) is 0 Å². The number of piperazine rings is 1. The monoisotopic (exact) mass is 400 g/mol. The molecule has 2 amide bonds. The highest BCUT2D eigenvalue weighted by atomic mass is 16.5. The van der Waals surface area contributed by atoms with Crippen molar-refractivity contribution in [2.45, 2.75) is 83.7 Å². The van der Waals surface area contributed by atoms with E-state index in [4.69, 9.17) is 4.74 Å². The molecule has 5 nitrogen and oxygen atoms in total. The van der Waals surface area contributed by atoms with Gasteiger partial charge in [-0.1, -0.05) is 58.1 Å². The molecule has 0 aromatic heterocycles. The number of hydrogen-bond donors (Lipinski definition) is 0. The highest BCUT2D eigenvalue weighted by molar-refractivity contribution is 5.95. The van der Waals surface area contributed by atoms with Gasteiger partial charge in [0.25, 0.3) is 5.91 Å². The number of rotatable bonds is 9. The Morgan fingerprint density at radius 2 is 1.66 bits per heavy atom. The Hall–Kier alpha value is -2.04. The van der Waals surface area contributed by atoms with Crippen LogP contribution in [0.5, 0.6) is 5.75 Å². The summed E-state index contributed by atoms with van der Waals surface area (Å²) in [6.07, 6.45) is 9.61. The van der Waals surface area contributed by atoms with Crippen LogP contribution in [-0.2, 0) is 9.59 Å². The zero-order valence-electron chi connectivity index (χ0n) is 18.1. The number of ether oxygens (including phenoxy) is 1. The minimum absolute atomic E-state index is 0.0805. The molecule has 1 saturated carbocycles. The largest absolute Gasteiger partial charge is 0.494 e. The Morgan fingerprint density at radius 3 is 2.31 bits per heavy atom. The molecule has 1 atom stereocenters. The van der Waals surface area contributed by atoms with Crippen LogP contribution in [0.1, 0.15) is 83.2 Å². The average Bonchev–Trinajstić information content (AvgIpc) is 2.75. The van der Waals surface area contributed by atoms with Crippen LogP contribution in [0.4, 0.5) is 0 Å². The fraction of sp³-hybridized carbons (Fsp3) is 0.667. The van der Waals surface area contributed by atoms with Gasteiger partial charge < -0.3 is 14.5 Å². The molecule has 1 aliphatic carbocycles. The van der Waals surface area contributed by atoms with Gasteiger partial charge in [0.2, 0.25) is 5.91 Å². The number of benzene rings is 1. The lowest BCUT2D eigenvalue weighted by Crippen LogP contribution is -2.58. The van der Waals surface area contributed by atoms with Crippen LogP contribution in [0.15, 0.2) is 24.3 Å². The van der Waals surface area contributed by atoms with Gasteiger partial charge in [-0.3, -0.25) is 9.59 Å². The molecule has 160 valence electrons. The summed E-state index contributed by atoms with van der Waals surface area (Å²) >= 11 is 0. The van der Waals surface area contributed by atoms with Crippen molar-refractivity contribution in [3.8, 4) is 5.75 Å². The van der Waals surface area contributed by atoms with Gasteiger partial charge in [-0.25, -0.2) is 0 Å². The molecule has 1 saturated heterocycles. The summed E-state index contributed by atoms with van der Waals surface area (Å²) in [4.78, 5) is 30.3. The van der Waals surface area contributed by atoms with Gasteiger partial charge in [0.1, 0.15) is 18.3 Å². The van der Waals surface area contributed by atoms with Gasteiger partial charge in [0, 0.05) is 12.6 Å². The second-order valence-electron chi connectivity index (χ2n) is 8.37. The normalized spacial score (nSPS) is 21.0. The van der Waals surface area contributed by atoms with E-state index in [-0.39, 0.29) is 24.4 Å². The number of hydrogen-bond acceptors (Lipinski definition) is 3. The predicted molar refractivity (Wildman–Crippen MR) is 115 cm³/mol. The summed E-state index contributed by atoms with van der Waals surface area (Å²) in [6.45, 7) is 5.83. The van der Waals surface area contributed by atoms with Crippen LogP contribution in [0.25, 0.3) is 0 Å². The van der Waals surface area contributed by atoms with E-state index in [1.807, 2.05) is 29.2 Å². The van der Waals surface area contributed by atoms with Gasteiger partial charge in [0.15, 0.2) is 0 Å². The van der Waals surface area contributed by atoms with Crippen molar-refractivity contribution in [3.05, 3.63) is 29.8 Å². The number of amides is 2. The third kappa shape index (κ3) is 5.31. The Kier molecular flexibility index (Phi) is 7.96. The lowest BCUT2D eigenvalue weighted by atomic mass is 9.91. The summed E-state index contributed by atoms with van der Waals surface area (Å²) in [7, 11) is 0. The summed E-state index contributed by atoms with van der Waals surface area (Å²) in [5.74, 6) is 0.991. The average molecular weight is 401 g/mol. The smallest absolute Gasteiger partial charge is 0.250 e. The maximum atomic E-state index is 13.5. The molecule has 1 aliphatic heterocycles. The van der Waals surface area contributed by atoms with E-state index >= 15 is 0 Å². The van der Waals surface area contributed by atoms with Crippen molar-refractivity contribution in [2.75, 3.05) is 19.7 Å². The number of carbonyl (C=O) groups is 2. The first-order chi connectivity index (χ1) is 14.2. The van der Waals surface area contributed by atoms with Crippen molar-refractivity contribution in [1.82, 2.24) is 9.80 Å². The molecule has 0 N–H and O–H groups in total. The van der Waals surface area contributed by atoms with E-state index in [2.05, 4.69) is 13.8 Å². The number of unbranched alkanes of at least 4 members (excludes halogenated alkanes) is 2. The van der Waals surface area contributed by atoms with E-state index < -0.39 is 6.04 Å². The van der Waals surface area contributed by atoms with E-state index in [1.54, 1.807) is 4.90 Å². The summed E-state index contributed by atoms with van der Waals surface area (Å²) in [5, 5.41) is 0. The first-order valence-corrected chi connectivity index (χ1v) is 11.5. The Bertz CT molecular complexity index is 667. The fourth-order valence-electron chi connectivity index (χ4n) is 4.44. The molecule has 1 aromatic carbocycles. The zero-order chi connectivity index (χ0) is 20.6. The SMILES string of the molecule is CCCCOc1ccc([C@H]2C(=O)N(C3CCCCC3)CC(=O)N2CCCC)cc1. The second-order valence-corrected chi connectivity index (χ2v) is 8.37. The standard InChI is InChI=1S/C24H36N2O3/c1-3-5-16-25-22(27)18-26(20-10-8-7-9-11-20)24(28)23(25)19-12-14-21(15-13-19)29-17-6-4-2/h12-15,20,23H,3-11,16-18H2,1-2H3/t23-/m0/s1. The van der Waals surface area contributed by atoms with Gasteiger partial charge >= 0.3 is 0 Å². The molecule has 2 aliphatic rings. The van der Waals surface area contributed by atoms with Crippen molar-refractivity contribution in [2.24, 2.45) is 0 Å². The van der Waals surface area contributed by atoms with E-state index in [9.17, 15) is 9.59 Å². The van der Waals surface area contributed by atoms with Crippen LogP contribution in [-0.4, -0.2) is 47.4 Å². The summed E-state index contributed by atoms with van der Waals surface area (Å²) in [6, 6.07) is 7.49. The van der Waals surface area contributed by atoms with Crippen LogP contribution in [0, 0.1) is 0 Å². The lowest BCUT2D eigenvalue weighted by Gasteiger charge is -2.44. The lowest BCUT2D eigenvalue weighted by molar-refractivity contribution is -0.159. The molecule has 0 spiro atoms. The molecule has 5 heteroatoms. The van der Waals surface area contributed by atoms with Crippen molar-refractivity contribution in [1.29, 1.82) is 0 Å². The third-order valence-corrected chi connectivity index (χ3v) is 6.19. The van der Waals surface area contributed by atoms with Crippen LogP contribution in [0.2, 0.25) is 0 Å². The topological polar surface area (TPSA) is 49.9 Å². The molecule has 0 unspecified atom stereocenters. The van der Waals surface area contributed by atoms with Crippen molar-refractivity contribution in [3.63, 3.8) is 0 Å². The van der Waals surface area contributed by atoms with Crippen molar-refractivity contribution >= 4 is 11.8 Å². The molecule has 0 radical (unpaired) electrons. The Balaban J connectivity index is 1.81. The first-order valence-electron chi connectivity index (χ1n) is 11.5. The molecule has 3 rings (SSSR count). The molecule has 1 heterocycles. The van der Waals surface area contributed by atoms with Gasteiger partial charge in [-0.05, 0) is 43.4 Å². The minimum Gasteiger partial charge on any atom is -0.494 e. The van der Waals surface area contributed by atoms with Gasteiger partial charge in [-0.2, -0.15) is 0 Å². The van der Waals surface area contributed by atoms with Crippen LogP contribution >= 0.6 is 0 Å². The first kappa shape index (κ1) is 21.7. The zero-order valence-corrected chi connectivity index (χ0v) is 18.1. The van der Waals surface area contributed by atoms with Crippen LogP contribution < -0.4 is 4.74 Å². The van der Waals surface area contributed by atoms with Gasteiger partial charge in [-0.15, -0.1) is 0 Å². The molecule has 1 aromatic rings. The van der Waals surface area contributed by atoms with E-state index in [1.165, 1.54) is 6.42 Å². The number of nitrogens with zero attached hydrogens (tertiary/aromatic N) is 2. The highest BCUT2D eigenvalue weighted by Gasteiger charge is 2.42. The minimum atomic E-state index is -0.505. The maximum Gasteiger partial charge on any atom is 0.250 e. The maximum absolute atomic E-state index is 13.5. The molecular formula is C24H36N2O3. The second kappa shape index (κ2) is 10.7. The van der Waals surface area contributed by atoms with E-state index in [0.717, 1.165) is 62.7 Å². The molecule has 0 bridgehead atoms. The quantitative estimate of drug-likeness (QED) is 0.564. The molecule has 2 fully saturated rings. The Labute approximate surface area is 175 Å². The van der Waals surface area contributed by atoms with Crippen molar-refractivity contribution < 1.29 is 14.3 Å². The fourth-order valence-corrected chi connectivity index (χ4v) is 4.44. The highest BCUT2D eigenvalue weighted by Crippen LogP contribution is 2.33. The predicted octanol–water partition coefficient (Wildman–Crippen LogP) is 4.71. The van der Waals surface area contributed by atoms with Gasteiger partial charge in [0.05, 0.1) is 6.61 Å². The Morgan fingerprint density at radius 1 is 0.966 bits per heavy atom. The third-order valence-electron chi connectivity index (χ3n) is 6.19. The van der Waals surface area contributed by atoms with E-state index in [0.29, 0.717) is 13.2 Å². The molecular weight excluding hydrogens is 364 g/mol.